The minimum Gasteiger partial charge on any atom is -0.490 e. The Morgan fingerprint density at radius 1 is 1.33 bits per heavy atom. The Morgan fingerprint density at radius 3 is 2.67 bits per heavy atom. The van der Waals surface area contributed by atoms with Gasteiger partial charge in [-0.3, -0.25) is 0 Å². The fraction of sp³-hybridized carbons (Fsp3) is 0.571. The molecular formula is C14H23NO3. The van der Waals surface area contributed by atoms with Gasteiger partial charge in [-0.05, 0) is 32.5 Å². The van der Waals surface area contributed by atoms with Crippen molar-refractivity contribution in [1.29, 1.82) is 0 Å². The van der Waals surface area contributed by atoms with Crippen LogP contribution in [0.15, 0.2) is 18.2 Å². The van der Waals surface area contributed by atoms with Crippen LogP contribution in [0.5, 0.6) is 5.75 Å². The van der Waals surface area contributed by atoms with Crippen molar-refractivity contribution in [1.82, 2.24) is 5.32 Å². The van der Waals surface area contributed by atoms with Gasteiger partial charge in [0.2, 0.25) is 0 Å². The Bertz CT molecular complexity index is 368. The van der Waals surface area contributed by atoms with Gasteiger partial charge in [-0.15, -0.1) is 0 Å². The molecule has 1 rings (SSSR count). The third-order valence-corrected chi connectivity index (χ3v) is 2.86. The van der Waals surface area contributed by atoms with Crippen LogP contribution in [0.25, 0.3) is 0 Å². The van der Waals surface area contributed by atoms with Crippen LogP contribution in [0.2, 0.25) is 0 Å². The number of hydrogen-bond acceptors (Lipinski definition) is 4. The minimum atomic E-state index is -0.603. The number of hydrogen-bond donors (Lipinski definition) is 2. The summed E-state index contributed by atoms with van der Waals surface area (Å²) in [5.41, 5.74) is 2.23. The number of aliphatic hydroxyl groups is 1. The van der Waals surface area contributed by atoms with Crippen molar-refractivity contribution >= 4 is 0 Å². The number of aliphatic hydroxyl groups excluding tert-OH is 1. The number of nitrogens with one attached hydrogen (secondary N) is 1. The summed E-state index contributed by atoms with van der Waals surface area (Å²) in [5, 5.41) is 12.8. The number of ether oxygens (including phenoxy) is 2. The monoisotopic (exact) mass is 253 g/mol. The van der Waals surface area contributed by atoms with E-state index in [-0.39, 0.29) is 19.3 Å². The molecule has 2 atom stereocenters. The lowest BCUT2D eigenvalue weighted by atomic mass is 10.1. The van der Waals surface area contributed by atoms with Crippen molar-refractivity contribution in [3.8, 4) is 5.75 Å². The van der Waals surface area contributed by atoms with Gasteiger partial charge in [-0.2, -0.15) is 0 Å². The summed E-state index contributed by atoms with van der Waals surface area (Å²) < 4.78 is 10.6. The van der Waals surface area contributed by atoms with E-state index in [1.807, 2.05) is 20.0 Å². The zero-order chi connectivity index (χ0) is 13.5. The maximum absolute atomic E-state index is 9.60. The number of aryl methyl sites for hydroxylation is 1. The second-order valence-electron chi connectivity index (χ2n) is 4.47. The molecule has 4 heteroatoms. The van der Waals surface area contributed by atoms with E-state index in [9.17, 15) is 5.11 Å². The van der Waals surface area contributed by atoms with Gasteiger partial charge in [0.05, 0.1) is 6.61 Å². The zero-order valence-electron chi connectivity index (χ0n) is 11.6. The van der Waals surface area contributed by atoms with Crippen molar-refractivity contribution in [2.45, 2.75) is 26.0 Å². The molecule has 0 heterocycles. The molecule has 0 aliphatic carbocycles. The molecule has 0 amide bonds. The molecule has 0 aromatic heterocycles. The lowest BCUT2D eigenvalue weighted by Gasteiger charge is -2.18. The molecule has 4 nitrogen and oxygen atoms in total. The molecule has 0 aliphatic heterocycles. The predicted octanol–water partition coefficient (Wildman–Crippen LogP) is 1.66. The van der Waals surface area contributed by atoms with E-state index in [1.165, 1.54) is 0 Å². The van der Waals surface area contributed by atoms with Crippen LogP contribution >= 0.6 is 0 Å². The molecule has 2 unspecified atom stereocenters. The number of rotatable bonds is 7. The van der Waals surface area contributed by atoms with Crippen LogP contribution in [0.3, 0.4) is 0 Å². The van der Waals surface area contributed by atoms with Crippen LogP contribution < -0.4 is 10.1 Å². The summed E-state index contributed by atoms with van der Waals surface area (Å²) in [6.07, 6.45) is -0.603. The Labute approximate surface area is 109 Å². The van der Waals surface area contributed by atoms with Crippen molar-refractivity contribution in [2.24, 2.45) is 0 Å². The van der Waals surface area contributed by atoms with E-state index >= 15 is 0 Å². The highest BCUT2D eigenvalue weighted by Crippen LogP contribution is 2.26. The Balaban J connectivity index is 2.76. The van der Waals surface area contributed by atoms with Crippen LogP contribution in [0.1, 0.15) is 24.1 Å². The highest BCUT2D eigenvalue weighted by molar-refractivity contribution is 5.39. The molecule has 18 heavy (non-hydrogen) atoms. The summed E-state index contributed by atoms with van der Waals surface area (Å²) >= 11 is 0. The summed E-state index contributed by atoms with van der Waals surface area (Å²) in [5.74, 6) is 0.812. The van der Waals surface area contributed by atoms with Gasteiger partial charge in [0.1, 0.15) is 18.5 Å². The average Bonchev–Trinajstić information content (AvgIpc) is 2.36. The molecule has 1 aromatic rings. The highest BCUT2D eigenvalue weighted by Gasteiger charge is 2.12. The van der Waals surface area contributed by atoms with Gasteiger partial charge < -0.3 is 19.9 Å². The summed E-state index contributed by atoms with van der Waals surface area (Å²) in [6.45, 7) is 4.61. The minimum absolute atomic E-state index is 0.208. The Hall–Kier alpha value is -1.10. The second kappa shape index (κ2) is 7.36. The maximum Gasteiger partial charge on any atom is 0.124 e. The molecule has 102 valence electrons. The summed E-state index contributed by atoms with van der Waals surface area (Å²) in [4.78, 5) is 0. The smallest absolute Gasteiger partial charge is 0.124 e. The molecule has 1 aromatic carbocycles. The van der Waals surface area contributed by atoms with Crippen molar-refractivity contribution in [2.75, 3.05) is 27.4 Å². The fourth-order valence-corrected chi connectivity index (χ4v) is 1.71. The molecule has 0 fully saturated rings. The molecule has 2 N–H and O–H groups in total. The zero-order valence-corrected chi connectivity index (χ0v) is 11.6. The second-order valence-corrected chi connectivity index (χ2v) is 4.47. The van der Waals surface area contributed by atoms with Crippen LogP contribution in [0, 0.1) is 6.92 Å². The third kappa shape index (κ3) is 4.29. The van der Waals surface area contributed by atoms with E-state index < -0.39 is 6.10 Å². The molecular weight excluding hydrogens is 230 g/mol. The van der Waals surface area contributed by atoms with Crippen LogP contribution in [0.4, 0.5) is 0 Å². The normalized spacial score (nSPS) is 14.3. The van der Waals surface area contributed by atoms with E-state index in [1.54, 1.807) is 7.11 Å². The van der Waals surface area contributed by atoms with Crippen molar-refractivity contribution in [3.05, 3.63) is 29.3 Å². The topological polar surface area (TPSA) is 50.7 Å². The van der Waals surface area contributed by atoms with E-state index in [2.05, 4.69) is 24.4 Å². The summed E-state index contributed by atoms with van der Waals surface area (Å²) in [6, 6.07) is 6.30. The van der Waals surface area contributed by atoms with Gasteiger partial charge in [-0.25, -0.2) is 0 Å². The largest absolute Gasteiger partial charge is 0.490 e. The molecule has 0 bridgehead atoms. The van der Waals surface area contributed by atoms with Gasteiger partial charge in [0.25, 0.3) is 0 Å². The van der Waals surface area contributed by atoms with Crippen molar-refractivity contribution in [3.63, 3.8) is 0 Å². The first-order valence-corrected chi connectivity index (χ1v) is 6.16. The fourth-order valence-electron chi connectivity index (χ4n) is 1.71. The van der Waals surface area contributed by atoms with E-state index in [0.29, 0.717) is 0 Å². The highest BCUT2D eigenvalue weighted by atomic mass is 16.5. The first-order valence-electron chi connectivity index (χ1n) is 6.16. The lowest BCUT2D eigenvalue weighted by molar-refractivity contribution is 0.0322. The van der Waals surface area contributed by atoms with Gasteiger partial charge in [0.15, 0.2) is 0 Å². The van der Waals surface area contributed by atoms with Gasteiger partial charge in [0, 0.05) is 18.7 Å². The SMILES string of the molecule is CNC(C)c1ccc(C)cc1OCC(O)COC. The summed E-state index contributed by atoms with van der Waals surface area (Å²) in [7, 11) is 3.47. The van der Waals surface area contributed by atoms with E-state index in [4.69, 9.17) is 9.47 Å². The molecule has 0 saturated heterocycles. The predicted molar refractivity (Wildman–Crippen MR) is 72.0 cm³/mol. The first kappa shape index (κ1) is 15.0. The van der Waals surface area contributed by atoms with Crippen LogP contribution in [-0.2, 0) is 4.74 Å². The first-order chi connectivity index (χ1) is 8.58. The number of benzene rings is 1. The molecule has 0 aliphatic rings. The third-order valence-electron chi connectivity index (χ3n) is 2.86. The Kier molecular flexibility index (Phi) is 6.12. The van der Waals surface area contributed by atoms with Crippen LogP contribution in [-0.4, -0.2) is 38.6 Å². The van der Waals surface area contributed by atoms with Gasteiger partial charge >= 0.3 is 0 Å². The quantitative estimate of drug-likeness (QED) is 0.776. The Morgan fingerprint density at radius 2 is 2.06 bits per heavy atom. The average molecular weight is 253 g/mol. The van der Waals surface area contributed by atoms with E-state index in [0.717, 1.165) is 16.9 Å². The molecule has 0 spiro atoms. The van der Waals surface area contributed by atoms with Crippen molar-refractivity contribution < 1.29 is 14.6 Å². The maximum atomic E-state index is 9.60. The standard InChI is InChI=1S/C14H23NO3/c1-10-5-6-13(11(2)15-3)14(7-10)18-9-12(16)8-17-4/h5-7,11-12,15-16H,8-9H2,1-4H3. The number of methoxy groups -OCH3 is 1. The van der Waals surface area contributed by atoms with Gasteiger partial charge in [-0.1, -0.05) is 12.1 Å². The molecule has 0 radical (unpaired) electrons. The lowest BCUT2D eigenvalue weighted by Crippen LogP contribution is -2.23. The molecule has 0 saturated carbocycles.